The Morgan fingerprint density at radius 2 is 1.88 bits per heavy atom. The smallest absolute Gasteiger partial charge is 0.223 e. The third-order valence-corrected chi connectivity index (χ3v) is 6.01. The van der Waals surface area contributed by atoms with Crippen molar-refractivity contribution in [3.8, 4) is 11.5 Å². The Morgan fingerprint density at radius 3 is 2.55 bits per heavy atom. The fourth-order valence-electron chi connectivity index (χ4n) is 4.01. The van der Waals surface area contributed by atoms with Crippen molar-refractivity contribution in [1.29, 1.82) is 0 Å². The number of amides is 1. The van der Waals surface area contributed by atoms with Gasteiger partial charge in [-0.15, -0.1) is 0 Å². The molecule has 0 radical (unpaired) electrons. The van der Waals surface area contributed by atoms with Crippen LogP contribution in [0.1, 0.15) is 26.0 Å². The predicted octanol–water partition coefficient (Wildman–Crippen LogP) is 3.27. The highest BCUT2D eigenvalue weighted by molar-refractivity contribution is 5.96. The van der Waals surface area contributed by atoms with Gasteiger partial charge in [0.05, 0.1) is 37.9 Å². The molecule has 212 valence electrons. The Hall–Kier alpha value is -4.36. The number of rotatable bonds is 13. The van der Waals surface area contributed by atoms with E-state index >= 15 is 0 Å². The number of fused-ring (bicyclic) bond motifs is 1. The fourth-order valence-corrected chi connectivity index (χ4v) is 4.01. The monoisotopic (exact) mass is 555 g/mol. The van der Waals surface area contributed by atoms with Crippen LogP contribution in [0.15, 0.2) is 42.7 Å². The first-order valence-corrected chi connectivity index (χ1v) is 12.5. The first kappa shape index (κ1) is 28.6. The Morgan fingerprint density at radius 1 is 1.12 bits per heavy atom. The maximum absolute atomic E-state index is 14.3. The number of aliphatic hydroxyl groups excluding tert-OH is 1. The van der Waals surface area contributed by atoms with Crippen molar-refractivity contribution in [2.75, 3.05) is 31.8 Å². The molecule has 1 amide bonds. The third kappa shape index (κ3) is 6.79. The number of carbonyl (C=O) groups is 1. The van der Waals surface area contributed by atoms with Crippen molar-refractivity contribution < 1.29 is 28.2 Å². The highest BCUT2D eigenvalue weighted by Crippen LogP contribution is 2.40. The number of carbonyl (C=O) groups excluding carboxylic acids is 1. The molecule has 4 rings (SSSR count). The number of benzene rings is 2. The molecule has 13 heteroatoms. The van der Waals surface area contributed by atoms with Crippen LogP contribution in [0.5, 0.6) is 11.5 Å². The van der Waals surface area contributed by atoms with Crippen molar-refractivity contribution in [2.45, 2.75) is 32.2 Å². The lowest BCUT2D eigenvalue weighted by Gasteiger charge is -2.24. The molecule has 5 N–H and O–H groups in total. The van der Waals surface area contributed by atoms with E-state index in [-0.39, 0.29) is 35.9 Å². The van der Waals surface area contributed by atoms with Gasteiger partial charge >= 0.3 is 0 Å². The van der Waals surface area contributed by atoms with Crippen LogP contribution < -0.4 is 25.4 Å². The van der Waals surface area contributed by atoms with Crippen LogP contribution in [0, 0.1) is 11.6 Å². The lowest BCUT2D eigenvalue weighted by Crippen LogP contribution is -2.43. The maximum atomic E-state index is 14.3. The average Bonchev–Trinajstić information content (AvgIpc) is 3.34. The number of nitrogens with two attached hydrogens (primary N) is 1. The number of ether oxygens (including phenoxy) is 2. The fraction of sp³-hybridized carbons (Fsp3) is 0.333. The molecule has 0 spiro atoms. The van der Waals surface area contributed by atoms with E-state index in [0.29, 0.717) is 47.7 Å². The first-order valence-electron chi connectivity index (χ1n) is 12.5. The molecule has 2 heterocycles. The molecule has 0 saturated heterocycles. The zero-order chi connectivity index (χ0) is 28.9. The Kier molecular flexibility index (Phi) is 8.75. The normalized spacial score (nSPS) is 11.6. The van der Waals surface area contributed by atoms with E-state index in [4.69, 9.17) is 15.2 Å². The van der Waals surface area contributed by atoms with Gasteiger partial charge in [0, 0.05) is 34.8 Å². The van der Waals surface area contributed by atoms with Crippen LogP contribution in [0.25, 0.3) is 10.9 Å². The molecule has 0 atom stereocenters. The summed E-state index contributed by atoms with van der Waals surface area (Å²) >= 11 is 0. The summed E-state index contributed by atoms with van der Waals surface area (Å²) in [5.74, 6) is -0.836. The zero-order valence-corrected chi connectivity index (χ0v) is 22.4. The number of methoxy groups -OCH3 is 1. The molecule has 0 bridgehead atoms. The minimum absolute atomic E-state index is 0.0123. The van der Waals surface area contributed by atoms with Crippen LogP contribution in [0.2, 0.25) is 0 Å². The van der Waals surface area contributed by atoms with Gasteiger partial charge in [-0.1, -0.05) is 0 Å². The van der Waals surface area contributed by atoms with Crippen LogP contribution in [-0.2, 0) is 11.2 Å². The molecule has 2 aromatic carbocycles. The standard InChI is InChI=1S/C27H31F2N7O4/c1-27(2,14-37)33-5-4-6-40-23-13-21-20(12-22(23)39-3)26(32-15-31-21)36(19-8-16(28)7-17(29)9-19)25-11-18(34-35-25)10-24(30)38/h7-9,11-13,15,33,37H,4-6,10,14H2,1-3H3,(H2,30,38)(H,34,35). The number of hydrogen-bond acceptors (Lipinski definition) is 9. The number of aromatic nitrogens is 4. The van der Waals surface area contributed by atoms with Crippen molar-refractivity contribution in [2.24, 2.45) is 5.73 Å². The highest BCUT2D eigenvalue weighted by atomic mass is 19.1. The van der Waals surface area contributed by atoms with E-state index in [0.717, 1.165) is 18.2 Å². The van der Waals surface area contributed by atoms with E-state index in [1.165, 1.54) is 18.3 Å². The first-order chi connectivity index (χ1) is 19.1. The molecule has 4 aromatic rings. The molecule has 0 fully saturated rings. The number of nitrogens with one attached hydrogen (secondary N) is 2. The summed E-state index contributed by atoms with van der Waals surface area (Å²) in [5.41, 5.74) is 5.92. The molecule has 0 aliphatic rings. The average molecular weight is 556 g/mol. The number of anilines is 3. The van der Waals surface area contributed by atoms with E-state index < -0.39 is 17.5 Å². The van der Waals surface area contributed by atoms with Gasteiger partial charge in [0.15, 0.2) is 17.3 Å². The minimum Gasteiger partial charge on any atom is -0.493 e. The molecule has 2 aromatic heterocycles. The number of hydrogen-bond donors (Lipinski definition) is 4. The summed E-state index contributed by atoms with van der Waals surface area (Å²) < 4.78 is 40.1. The number of aromatic amines is 1. The summed E-state index contributed by atoms with van der Waals surface area (Å²) in [6.07, 6.45) is 1.88. The number of primary amides is 1. The van der Waals surface area contributed by atoms with Crippen molar-refractivity contribution in [3.05, 3.63) is 60.1 Å². The summed E-state index contributed by atoms with van der Waals surface area (Å²) in [7, 11) is 1.49. The third-order valence-electron chi connectivity index (χ3n) is 6.01. The minimum atomic E-state index is -0.795. The van der Waals surface area contributed by atoms with Crippen molar-refractivity contribution in [1.82, 2.24) is 25.5 Å². The van der Waals surface area contributed by atoms with E-state index in [9.17, 15) is 18.7 Å². The second-order valence-corrected chi connectivity index (χ2v) is 9.75. The Labute approximate surface area is 229 Å². The number of aliphatic hydroxyl groups is 1. The largest absolute Gasteiger partial charge is 0.493 e. The predicted molar refractivity (Wildman–Crippen MR) is 145 cm³/mol. The molecule has 0 aliphatic carbocycles. The molecule has 0 aliphatic heterocycles. The molecular formula is C27H31F2N7O4. The van der Waals surface area contributed by atoms with E-state index in [1.807, 2.05) is 13.8 Å². The van der Waals surface area contributed by atoms with Gasteiger partial charge in [0.25, 0.3) is 0 Å². The van der Waals surface area contributed by atoms with Gasteiger partial charge in [-0.25, -0.2) is 18.7 Å². The van der Waals surface area contributed by atoms with E-state index in [2.05, 4.69) is 25.5 Å². The Bertz CT molecular complexity index is 1480. The van der Waals surface area contributed by atoms with E-state index in [1.54, 1.807) is 18.2 Å². The van der Waals surface area contributed by atoms with Crippen molar-refractivity contribution in [3.63, 3.8) is 0 Å². The second-order valence-electron chi connectivity index (χ2n) is 9.75. The maximum Gasteiger partial charge on any atom is 0.223 e. The molecule has 0 unspecified atom stereocenters. The Balaban J connectivity index is 1.72. The van der Waals surface area contributed by atoms with Crippen LogP contribution in [0.3, 0.4) is 0 Å². The highest BCUT2D eigenvalue weighted by Gasteiger charge is 2.23. The quantitative estimate of drug-likeness (QED) is 0.182. The topological polar surface area (TPSA) is 152 Å². The summed E-state index contributed by atoms with van der Waals surface area (Å²) in [5, 5.41) is 20.1. The lowest BCUT2D eigenvalue weighted by molar-refractivity contribution is -0.117. The zero-order valence-electron chi connectivity index (χ0n) is 22.4. The van der Waals surface area contributed by atoms with Gasteiger partial charge in [0.2, 0.25) is 5.91 Å². The molecular weight excluding hydrogens is 524 g/mol. The van der Waals surface area contributed by atoms with Gasteiger partial charge in [-0.3, -0.25) is 14.8 Å². The lowest BCUT2D eigenvalue weighted by atomic mass is 10.1. The van der Waals surface area contributed by atoms with Crippen LogP contribution in [0.4, 0.5) is 26.1 Å². The van der Waals surface area contributed by atoms with Gasteiger partial charge in [-0.2, -0.15) is 5.10 Å². The number of nitrogens with zero attached hydrogens (tertiary/aromatic N) is 4. The molecule has 0 saturated carbocycles. The van der Waals surface area contributed by atoms with Gasteiger partial charge in [0.1, 0.15) is 23.8 Å². The SMILES string of the molecule is COc1cc2c(N(c3cc(F)cc(F)c3)c3cc(CC(N)=O)[nH]n3)ncnc2cc1OCCCNC(C)(C)CO. The second kappa shape index (κ2) is 12.2. The van der Waals surface area contributed by atoms with Crippen molar-refractivity contribution >= 4 is 34.1 Å². The van der Waals surface area contributed by atoms with Crippen LogP contribution in [-0.4, -0.2) is 63.6 Å². The summed E-state index contributed by atoms with van der Waals surface area (Å²) in [4.78, 5) is 21.6. The molecule has 40 heavy (non-hydrogen) atoms. The van der Waals surface area contributed by atoms with Gasteiger partial charge < -0.3 is 25.6 Å². The van der Waals surface area contributed by atoms with Gasteiger partial charge in [-0.05, 0) is 45.0 Å². The van der Waals surface area contributed by atoms with Crippen LogP contribution >= 0.6 is 0 Å². The number of H-pyrrole nitrogens is 1. The number of halogens is 2. The molecule has 11 nitrogen and oxygen atoms in total. The summed E-state index contributed by atoms with van der Waals surface area (Å²) in [6, 6.07) is 7.95. The summed E-state index contributed by atoms with van der Waals surface area (Å²) in [6.45, 7) is 4.83.